The Morgan fingerprint density at radius 2 is 2.06 bits per heavy atom. The fraction of sp³-hybridized carbons (Fsp3) is 0.462. The van der Waals surface area contributed by atoms with E-state index in [1.165, 1.54) is 6.07 Å². The standard InChI is InChI=1S/C13H16N2O3/c1-13(2)7-6-12(16)14(3)11-5-4-9(15(17)18)8-10(11)13/h4-5,8H,6-7H2,1-3H3. The summed E-state index contributed by atoms with van der Waals surface area (Å²) in [5, 5.41) is 10.9. The van der Waals surface area contributed by atoms with Gasteiger partial charge in [0, 0.05) is 31.3 Å². The van der Waals surface area contributed by atoms with E-state index < -0.39 is 4.92 Å². The Bertz CT molecular complexity index is 523. The number of hydrogen-bond acceptors (Lipinski definition) is 3. The second kappa shape index (κ2) is 4.08. The molecule has 0 saturated heterocycles. The van der Waals surface area contributed by atoms with Crippen molar-refractivity contribution >= 4 is 17.3 Å². The van der Waals surface area contributed by atoms with Gasteiger partial charge in [-0.25, -0.2) is 0 Å². The van der Waals surface area contributed by atoms with Crippen LogP contribution < -0.4 is 4.90 Å². The number of amides is 1. The minimum atomic E-state index is -0.400. The number of rotatable bonds is 1. The van der Waals surface area contributed by atoms with Crippen LogP contribution in [0.2, 0.25) is 0 Å². The summed E-state index contributed by atoms with van der Waals surface area (Å²) in [5.41, 5.74) is 1.48. The van der Waals surface area contributed by atoms with Gasteiger partial charge in [-0.3, -0.25) is 14.9 Å². The quantitative estimate of drug-likeness (QED) is 0.567. The first-order valence-corrected chi connectivity index (χ1v) is 5.88. The minimum Gasteiger partial charge on any atom is -0.315 e. The number of nitro benzene ring substituents is 1. The summed E-state index contributed by atoms with van der Waals surface area (Å²) in [7, 11) is 1.72. The van der Waals surface area contributed by atoms with Crippen LogP contribution in [0, 0.1) is 10.1 Å². The molecular formula is C13H16N2O3. The maximum Gasteiger partial charge on any atom is 0.269 e. The molecular weight excluding hydrogens is 232 g/mol. The third kappa shape index (κ3) is 1.96. The highest BCUT2D eigenvalue weighted by Crippen LogP contribution is 2.40. The summed E-state index contributed by atoms with van der Waals surface area (Å²) >= 11 is 0. The van der Waals surface area contributed by atoms with Crippen molar-refractivity contribution in [2.45, 2.75) is 32.1 Å². The molecule has 1 aliphatic rings. The fourth-order valence-electron chi connectivity index (χ4n) is 2.33. The van der Waals surface area contributed by atoms with Gasteiger partial charge in [0.1, 0.15) is 0 Å². The number of anilines is 1. The molecule has 1 amide bonds. The molecule has 0 unspecified atom stereocenters. The predicted octanol–water partition coefficient (Wildman–Crippen LogP) is 2.63. The molecule has 2 rings (SSSR count). The Hall–Kier alpha value is -1.91. The van der Waals surface area contributed by atoms with Gasteiger partial charge in [0.15, 0.2) is 0 Å². The van der Waals surface area contributed by atoms with E-state index >= 15 is 0 Å². The van der Waals surface area contributed by atoms with Gasteiger partial charge in [0.25, 0.3) is 5.69 Å². The van der Waals surface area contributed by atoms with Crippen molar-refractivity contribution in [3.05, 3.63) is 33.9 Å². The third-order valence-electron chi connectivity index (χ3n) is 3.62. The number of nitro groups is 1. The summed E-state index contributed by atoms with van der Waals surface area (Å²) in [6.07, 6.45) is 1.16. The molecule has 1 aliphatic heterocycles. The lowest BCUT2D eigenvalue weighted by molar-refractivity contribution is -0.384. The summed E-state index contributed by atoms with van der Waals surface area (Å²) in [6, 6.07) is 4.70. The van der Waals surface area contributed by atoms with Crippen molar-refractivity contribution in [3.8, 4) is 0 Å². The van der Waals surface area contributed by atoms with E-state index in [1.54, 1.807) is 24.1 Å². The molecule has 0 spiro atoms. The zero-order valence-electron chi connectivity index (χ0n) is 10.8. The zero-order chi connectivity index (χ0) is 13.5. The lowest BCUT2D eigenvalue weighted by atomic mass is 9.80. The van der Waals surface area contributed by atoms with E-state index in [-0.39, 0.29) is 17.0 Å². The maximum atomic E-state index is 11.9. The van der Waals surface area contributed by atoms with E-state index in [0.29, 0.717) is 12.8 Å². The largest absolute Gasteiger partial charge is 0.315 e. The normalized spacial score (nSPS) is 18.2. The van der Waals surface area contributed by atoms with Gasteiger partial charge in [0.2, 0.25) is 5.91 Å². The second-order valence-corrected chi connectivity index (χ2v) is 5.30. The highest BCUT2D eigenvalue weighted by atomic mass is 16.6. The molecule has 18 heavy (non-hydrogen) atoms. The van der Waals surface area contributed by atoms with Crippen LogP contribution >= 0.6 is 0 Å². The molecule has 1 aromatic rings. The molecule has 5 heteroatoms. The third-order valence-corrected chi connectivity index (χ3v) is 3.62. The average molecular weight is 248 g/mol. The Balaban J connectivity index is 2.64. The molecule has 0 atom stereocenters. The van der Waals surface area contributed by atoms with Crippen molar-refractivity contribution in [2.24, 2.45) is 0 Å². The van der Waals surface area contributed by atoms with E-state index in [4.69, 9.17) is 0 Å². The van der Waals surface area contributed by atoms with E-state index in [9.17, 15) is 14.9 Å². The van der Waals surface area contributed by atoms with Crippen LogP contribution in [0.25, 0.3) is 0 Å². The molecule has 0 bridgehead atoms. The Morgan fingerprint density at radius 1 is 1.39 bits per heavy atom. The van der Waals surface area contributed by atoms with Crippen molar-refractivity contribution in [1.82, 2.24) is 0 Å². The lowest BCUT2D eigenvalue weighted by Gasteiger charge is -2.25. The molecule has 5 nitrogen and oxygen atoms in total. The van der Waals surface area contributed by atoms with Gasteiger partial charge in [-0.2, -0.15) is 0 Å². The second-order valence-electron chi connectivity index (χ2n) is 5.30. The number of benzene rings is 1. The summed E-state index contributed by atoms with van der Waals surface area (Å²) < 4.78 is 0. The number of fused-ring (bicyclic) bond motifs is 1. The van der Waals surface area contributed by atoms with Gasteiger partial charge < -0.3 is 4.90 Å². The van der Waals surface area contributed by atoms with Crippen molar-refractivity contribution in [3.63, 3.8) is 0 Å². The summed E-state index contributed by atoms with van der Waals surface area (Å²) in [6.45, 7) is 4.03. The van der Waals surface area contributed by atoms with Gasteiger partial charge >= 0.3 is 0 Å². The molecule has 1 aromatic carbocycles. The first-order chi connectivity index (χ1) is 8.33. The molecule has 1 heterocycles. The average Bonchev–Trinajstić information content (AvgIpc) is 2.41. The molecule has 0 fully saturated rings. The van der Waals surface area contributed by atoms with Crippen molar-refractivity contribution in [2.75, 3.05) is 11.9 Å². The molecule has 0 radical (unpaired) electrons. The maximum absolute atomic E-state index is 11.9. The van der Waals surface area contributed by atoms with Crippen LogP contribution in [0.3, 0.4) is 0 Å². The Morgan fingerprint density at radius 3 is 2.67 bits per heavy atom. The molecule has 96 valence electrons. The van der Waals surface area contributed by atoms with E-state index in [1.807, 2.05) is 13.8 Å². The smallest absolute Gasteiger partial charge is 0.269 e. The minimum absolute atomic E-state index is 0.0516. The summed E-state index contributed by atoms with van der Waals surface area (Å²) in [4.78, 5) is 23.9. The highest BCUT2D eigenvalue weighted by Gasteiger charge is 2.32. The molecule has 0 aromatic heterocycles. The number of non-ortho nitro benzene ring substituents is 1. The van der Waals surface area contributed by atoms with E-state index in [0.717, 1.165) is 11.3 Å². The predicted molar refractivity (Wildman–Crippen MR) is 68.8 cm³/mol. The van der Waals surface area contributed by atoms with Crippen LogP contribution in [0.4, 0.5) is 11.4 Å². The monoisotopic (exact) mass is 248 g/mol. The topological polar surface area (TPSA) is 63.5 Å². The number of carbonyl (C=O) groups is 1. The molecule has 0 saturated carbocycles. The fourth-order valence-corrected chi connectivity index (χ4v) is 2.33. The first-order valence-electron chi connectivity index (χ1n) is 5.88. The highest BCUT2D eigenvalue weighted by molar-refractivity contribution is 5.95. The zero-order valence-corrected chi connectivity index (χ0v) is 10.8. The Kier molecular flexibility index (Phi) is 2.84. The van der Waals surface area contributed by atoms with Gasteiger partial charge in [0.05, 0.1) is 4.92 Å². The van der Waals surface area contributed by atoms with Gasteiger partial charge in [-0.15, -0.1) is 0 Å². The SMILES string of the molecule is CN1C(=O)CCC(C)(C)c2cc([N+](=O)[O-])ccc21. The number of nitrogens with zero attached hydrogens (tertiary/aromatic N) is 2. The van der Waals surface area contributed by atoms with Crippen LogP contribution in [0.5, 0.6) is 0 Å². The molecule has 0 aliphatic carbocycles. The number of hydrogen-bond donors (Lipinski definition) is 0. The first kappa shape index (κ1) is 12.5. The van der Waals surface area contributed by atoms with Gasteiger partial charge in [-0.05, 0) is 23.5 Å². The Labute approximate surface area is 106 Å². The van der Waals surface area contributed by atoms with Crippen LogP contribution in [0.1, 0.15) is 32.3 Å². The van der Waals surface area contributed by atoms with Crippen molar-refractivity contribution in [1.29, 1.82) is 0 Å². The van der Waals surface area contributed by atoms with Crippen molar-refractivity contribution < 1.29 is 9.72 Å². The number of carbonyl (C=O) groups excluding carboxylic acids is 1. The lowest BCUT2D eigenvalue weighted by Crippen LogP contribution is -2.25. The van der Waals surface area contributed by atoms with E-state index in [2.05, 4.69) is 0 Å². The van der Waals surface area contributed by atoms with Gasteiger partial charge in [-0.1, -0.05) is 13.8 Å². The molecule has 0 N–H and O–H groups in total. The van der Waals surface area contributed by atoms with Crippen LogP contribution in [-0.4, -0.2) is 17.9 Å². The van der Waals surface area contributed by atoms with Crippen LogP contribution in [0.15, 0.2) is 18.2 Å². The summed E-state index contributed by atoms with van der Waals surface area (Å²) in [5.74, 6) is 0.0516. The van der Waals surface area contributed by atoms with Crippen LogP contribution in [-0.2, 0) is 10.2 Å².